The van der Waals surface area contributed by atoms with Crippen molar-refractivity contribution in [1.29, 1.82) is 0 Å². The number of hydrogen-bond donors (Lipinski definition) is 1. The topological polar surface area (TPSA) is 44.8 Å². The number of amides is 2. The molecule has 0 radical (unpaired) electrons. The molecule has 0 aromatic heterocycles. The third-order valence-electron chi connectivity index (χ3n) is 5.17. The van der Waals surface area contributed by atoms with Crippen LogP contribution in [0.25, 0.3) is 0 Å². The van der Waals surface area contributed by atoms with Gasteiger partial charge in [-0.3, -0.25) is 0 Å². The minimum atomic E-state index is -4.54. The Kier molecular flexibility index (Phi) is 7.20. The average Bonchev–Trinajstić information content (AvgIpc) is 3.13. The van der Waals surface area contributed by atoms with Gasteiger partial charge >= 0.3 is 12.2 Å². The van der Waals surface area contributed by atoms with E-state index in [2.05, 4.69) is 22.3 Å². The maximum atomic E-state index is 13.2. The van der Waals surface area contributed by atoms with Gasteiger partial charge in [-0.25, -0.2) is 4.79 Å². The number of halogens is 3. The van der Waals surface area contributed by atoms with E-state index in [4.69, 9.17) is 4.74 Å². The van der Waals surface area contributed by atoms with Gasteiger partial charge in [-0.2, -0.15) is 13.2 Å². The first-order chi connectivity index (χ1) is 14.4. The number of hydrogen-bond acceptors (Lipinski definition) is 3. The summed E-state index contributed by atoms with van der Waals surface area (Å²) in [4.78, 5) is 16.5. The van der Waals surface area contributed by atoms with Crippen LogP contribution in [-0.2, 0) is 17.3 Å². The van der Waals surface area contributed by atoms with E-state index < -0.39 is 17.8 Å². The van der Waals surface area contributed by atoms with Crippen LogP contribution in [0.2, 0.25) is 0 Å². The molecule has 1 heterocycles. The molecule has 0 aliphatic carbocycles. The van der Waals surface area contributed by atoms with Gasteiger partial charge in [0.1, 0.15) is 0 Å². The van der Waals surface area contributed by atoms with Gasteiger partial charge in [0.05, 0.1) is 17.9 Å². The minimum absolute atomic E-state index is 0.245. The van der Waals surface area contributed by atoms with Crippen molar-refractivity contribution in [3.8, 4) is 0 Å². The summed E-state index contributed by atoms with van der Waals surface area (Å²) < 4.78 is 44.7. The molecule has 0 spiro atoms. The molecule has 30 heavy (non-hydrogen) atoms. The molecule has 0 saturated heterocycles. The standard InChI is InChI=1S/C22H26F3N3O2/c1-30-16-15-28(13-6-12-27-14-11-17-7-2-5-10-20(17)27)21(29)26-19-9-4-3-8-18(19)22(23,24)25/h2-5,7-10H,6,11-16H2,1H3,(H,26,29). The van der Waals surface area contributed by atoms with E-state index in [1.165, 1.54) is 41.5 Å². The highest BCUT2D eigenvalue weighted by Gasteiger charge is 2.34. The smallest absolute Gasteiger partial charge is 0.383 e. The predicted molar refractivity (Wildman–Crippen MR) is 111 cm³/mol. The molecule has 0 fully saturated rings. The normalized spacial score (nSPS) is 13.3. The average molecular weight is 421 g/mol. The molecule has 0 saturated carbocycles. The third-order valence-corrected chi connectivity index (χ3v) is 5.17. The highest BCUT2D eigenvalue weighted by atomic mass is 19.4. The van der Waals surface area contributed by atoms with E-state index in [0.717, 1.165) is 25.6 Å². The van der Waals surface area contributed by atoms with Crippen molar-refractivity contribution in [3.05, 3.63) is 59.7 Å². The van der Waals surface area contributed by atoms with Gasteiger partial charge in [-0.05, 0) is 36.6 Å². The Bertz CT molecular complexity index is 858. The number of benzene rings is 2. The molecular weight excluding hydrogens is 395 g/mol. The summed E-state index contributed by atoms with van der Waals surface area (Å²) in [5, 5.41) is 2.42. The minimum Gasteiger partial charge on any atom is -0.383 e. The second-order valence-electron chi connectivity index (χ2n) is 7.17. The number of carbonyl (C=O) groups is 1. The fourth-order valence-electron chi connectivity index (χ4n) is 3.64. The third kappa shape index (κ3) is 5.44. The van der Waals surface area contributed by atoms with Gasteiger partial charge in [0, 0.05) is 39.0 Å². The molecular formula is C22H26F3N3O2. The van der Waals surface area contributed by atoms with E-state index in [0.29, 0.717) is 26.1 Å². The van der Waals surface area contributed by atoms with Crippen LogP contribution in [0.1, 0.15) is 17.5 Å². The Balaban J connectivity index is 1.61. The van der Waals surface area contributed by atoms with Crippen LogP contribution in [0.5, 0.6) is 0 Å². The molecule has 0 unspecified atom stereocenters. The highest BCUT2D eigenvalue weighted by molar-refractivity contribution is 5.90. The molecule has 3 rings (SSSR count). The SMILES string of the molecule is COCCN(CCCN1CCc2ccccc21)C(=O)Nc1ccccc1C(F)(F)F. The maximum Gasteiger partial charge on any atom is 0.418 e. The molecule has 2 aromatic carbocycles. The predicted octanol–water partition coefficient (Wildman–Crippen LogP) is 4.64. The number of carbonyl (C=O) groups excluding carboxylic acids is 1. The van der Waals surface area contributed by atoms with Gasteiger partial charge in [-0.15, -0.1) is 0 Å². The number of urea groups is 1. The summed E-state index contributed by atoms with van der Waals surface area (Å²) in [6, 6.07) is 12.7. The van der Waals surface area contributed by atoms with Gasteiger partial charge in [-0.1, -0.05) is 30.3 Å². The van der Waals surface area contributed by atoms with E-state index in [9.17, 15) is 18.0 Å². The summed E-state index contributed by atoms with van der Waals surface area (Å²) in [6.07, 6.45) is -2.84. The second kappa shape index (κ2) is 9.84. The summed E-state index contributed by atoms with van der Waals surface area (Å²) >= 11 is 0. The zero-order valence-corrected chi connectivity index (χ0v) is 16.9. The van der Waals surface area contributed by atoms with Crippen LogP contribution in [0.15, 0.2) is 48.5 Å². The number of fused-ring (bicyclic) bond motifs is 1. The fourth-order valence-corrected chi connectivity index (χ4v) is 3.64. The van der Waals surface area contributed by atoms with Crippen LogP contribution in [-0.4, -0.2) is 50.8 Å². The Labute approximate surface area is 174 Å². The van der Waals surface area contributed by atoms with Crippen molar-refractivity contribution in [2.45, 2.75) is 19.0 Å². The molecule has 0 atom stereocenters. The monoisotopic (exact) mass is 421 g/mol. The molecule has 2 aromatic rings. The summed E-state index contributed by atoms with van der Waals surface area (Å²) in [7, 11) is 1.52. The molecule has 1 aliphatic rings. The number of methoxy groups -OCH3 is 1. The van der Waals surface area contributed by atoms with Crippen LogP contribution in [0, 0.1) is 0 Å². The molecule has 2 amide bonds. The van der Waals surface area contributed by atoms with Crippen LogP contribution >= 0.6 is 0 Å². The summed E-state index contributed by atoms with van der Waals surface area (Å²) in [5.74, 6) is 0. The Morgan fingerprint density at radius 1 is 1.13 bits per heavy atom. The number of rotatable bonds is 8. The largest absolute Gasteiger partial charge is 0.418 e. The van der Waals surface area contributed by atoms with Gasteiger partial charge in [0.25, 0.3) is 0 Å². The quantitative estimate of drug-likeness (QED) is 0.676. The Morgan fingerprint density at radius 2 is 1.87 bits per heavy atom. The Hall–Kier alpha value is -2.74. The summed E-state index contributed by atoms with van der Waals surface area (Å²) in [5.41, 5.74) is 1.42. The molecule has 162 valence electrons. The highest BCUT2D eigenvalue weighted by Crippen LogP contribution is 2.34. The molecule has 5 nitrogen and oxygen atoms in total. The number of nitrogens with one attached hydrogen (secondary N) is 1. The number of anilines is 2. The van der Waals surface area contributed by atoms with E-state index >= 15 is 0 Å². The number of nitrogens with zero attached hydrogens (tertiary/aromatic N) is 2. The first-order valence-corrected chi connectivity index (χ1v) is 9.94. The second-order valence-corrected chi connectivity index (χ2v) is 7.17. The van der Waals surface area contributed by atoms with Crippen molar-refractivity contribution in [3.63, 3.8) is 0 Å². The van der Waals surface area contributed by atoms with Gasteiger partial charge in [0.15, 0.2) is 0 Å². The lowest BCUT2D eigenvalue weighted by Crippen LogP contribution is -2.39. The van der Waals surface area contributed by atoms with Crippen molar-refractivity contribution < 1.29 is 22.7 Å². The first kappa shape index (κ1) is 22.0. The number of ether oxygens (including phenoxy) is 1. The van der Waals surface area contributed by atoms with Crippen molar-refractivity contribution in [2.75, 3.05) is 50.1 Å². The van der Waals surface area contributed by atoms with Crippen LogP contribution in [0.3, 0.4) is 0 Å². The van der Waals surface area contributed by atoms with Gasteiger partial charge < -0.3 is 19.9 Å². The zero-order valence-electron chi connectivity index (χ0n) is 16.9. The van der Waals surface area contributed by atoms with Crippen LogP contribution in [0.4, 0.5) is 29.3 Å². The van der Waals surface area contributed by atoms with Crippen molar-refractivity contribution in [2.24, 2.45) is 0 Å². The van der Waals surface area contributed by atoms with Crippen molar-refractivity contribution >= 4 is 17.4 Å². The maximum absolute atomic E-state index is 13.2. The van der Waals surface area contributed by atoms with Crippen molar-refractivity contribution in [1.82, 2.24) is 4.90 Å². The van der Waals surface area contributed by atoms with E-state index in [-0.39, 0.29) is 5.69 Å². The lowest BCUT2D eigenvalue weighted by atomic mass is 10.1. The van der Waals surface area contributed by atoms with E-state index in [1.807, 2.05) is 12.1 Å². The summed E-state index contributed by atoms with van der Waals surface area (Å²) in [6.45, 7) is 2.73. The zero-order chi connectivity index (χ0) is 21.6. The Morgan fingerprint density at radius 3 is 2.63 bits per heavy atom. The molecule has 1 N–H and O–H groups in total. The molecule has 0 bridgehead atoms. The fraction of sp³-hybridized carbons (Fsp3) is 0.409. The molecule has 1 aliphatic heterocycles. The number of alkyl halides is 3. The first-order valence-electron chi connectivity index (χ1n) is 9.94. The lowest BCUT2D eigenvalue weighted by molar-refractivity contribution is -0.136. The molecule has 8 heteroatoms. The lowest BCUT2D eigenvalue weighted by Gasteiger charge is -2.26. The van der Waals surface area contributed by atoms with Gasteiger partial charge in [0.2, 0.25) is 0 Å². The van der Waals surface area contributed by atoms with E-state index in [1.54, 1.807) is 0 Å². The number of para-hydroxylation sites is 2. The van der Waals surface area contributed by atoms with Crippen LogP contribution < -0.4 is 10.2 Å².